The molecule has 0 fully saturated rings. The fourth-order valence-electron chi connectivity index (χ4n) is 1.64. The lowest BCUT2D eigenvalue weighted by molar-refractivity contribution is -0.154. The number of halogens is 4. The summed E-state index contributed by atoms with van der Waals surface area (Å²) in [4.78, 5) is 15.9. The second-order valence-electron chi connectivity index (χ2n) is 5.63. The van der Waals surface area contributed by atoms with E-state index in [4.69, 9.17) is 4.74 Å². The van der Waals surface area contributed by atoms with E-state index >= 15 is 0 Å². The van der Waals surface area contributed by atoms with Crippen molar-refractivity contribution in [1.29, 1.82) is 0 Å². The monoisotopic (exact) mass is 443 g/mol. The number of hydrogen-bond donors (Lipinski definition) is 0. The number of ether oxygens (including phenoxy) is 2. The molecule has 23 heavy (non-hydrogen) atoms. The lowest BCUT2D eigenvalue weighted by Crippen LogP contribution is -2.27. The van der Waals surface area contributed by atoms with Crippen molar-refractivity contribution >= 4 is 39.6 Å². The third-order valence-electron chi connectivity index (χ3n) is 2.45. The maximum Gasteiger partial charge on any atom is 0.435 e. The number of fused-ring (bicyclic) bond motifs is 1. The molecule has 0 aliphatic heterocycles. The Bertz CT molecular complexity index is 738. The van der Waals surface area contributed by atoms with Crippen LogP contribution in [0.4, 0.5) is 18.0 Å². The Morgan fingerprint density at radius 1 is 1.35 bits per heavy atom. The van der Waals surface area contributed by atoms with E-state index in [1.54, 1.807) is 20.8 Å². The minimum atomic E-state index is -4.48. The van der Waals surface area contributed by atoms with Crippen molar-refractivity contribution in [2.45, 2.75) is 32.5 Å². The molecule has 2 rings (SSSR count). The summed E-state index contributed by atoms with van der Waals surface area (Å²) in [5, 5.41) is 4.54. The smallest absolute Gasteiger partial charge is 0.435 e. The van der Waals surface area contributed by atoms with Crippen LogP contribution in [0.5, 0.6) is 5.88 Å². The van der Waals surface area contributed by atoms with Gasteiger partial charge in [-0.3, -0.25) is 0 Å². The molecule has 2 aromatic rings. The normalized spacial score (nSPS) is 12.5. The van der Waals surface area contributed by atoms with Gasteiger partial charge in [0.1, 0.15) is 9.30 Å². The van der Waals surface area contributed by atoms with Crippen molar-refractivity contribution in [2.75, 3.05) is 6.61 Å². The molecule has 0 bridgehead atoms. The van der Waals surface area contributed by atoms with Gasteiger partial charge in [-0.25, -0.2) is 9.78 Å². The Morgan fingerprint density at radius 3 is 2.57 bits per heavy atom. The molecule has 0 saturated heterocycles. The summed E-state index contributed by atoms with van der Waals surface area (Å²) in [5.74, 6) is -0.254. The van der Waals surface area contributed by atoms with Gasteiger partial charge in [0.15, 0.2) is 6.61 Å². The number of alkyl halides is 3. The number of hydrogen-bond acceptors (Lipinski definition) is 5. The average Bonchev–Trinajstić information content (AvgIpc) is 2.71. The van der Waals surface area contributed by atoms with E-state index in [1.165, 1.54) is 12.3 Å². The largest absolute Gasteiger partial charge is 0.468 e. The van der Waals surface area contributed by atoms with Crippen LogP contribution < -0.4 is 4.74 Å². The van der Waals surface area contributed by atoms with E-state index in [0.29, 0.717) is 9.09 Å². The number of carbonyl (C=O) groups excluding carboxylic acids is 1. The molecule has 0 aliphatic carbocycles. The first kappa shape index (κ1) is 17.8. The molecule has 10 heteroatoms. The Labute approximate surface area is 143 Å². The highest BCUT2D eigenvalue weighted by Gasteiger charge is 2.29. The summed E-state index contributed by atoms with van der Waals surface area (Å²) in [6.07, 6.45) is -3.91. The van der Waals surface area contributed by atoms with Gasteiger partial charge in [0.2, 0.25) is 5.88 Å². The average molecular weight is 443 g/mol. The molecule has 126 valence electrons. The third kappa shape index (κ3) is 4.69. The highest BCUT2D eigenvalue weighted by atomic mass is 127. The molecule has 0 N–H and O–H groups in total. The third-order valence-corrected chi connectivity index (χ3v) is 3.24. The van der Waals surface area contributed by atoms with Crippen molar-refractivity contribution in [3.05, 3.63) is 16.0 Å². The summed E-state index contributed by atoms with van der Waals surface area (Å²) in [6.45, 7) is 3.62. The highest BCUT2D eigenvalue weighted by molar-refractivity contribution is 14.1. The maximum atomic E-state index is 12.2. The van der Waals surface area contributed by atoms with Crippen molar-refractivity contribution in [2.24, 2.45) is 0 Å². The molecule has 0 saturated carbocycles. The van der Waals surface area contributed by atoms with Crippen LogP contribution in [0.15, 0.2) is 12.3 Å². The molecule has 0 atom stereocenters. The van der Waals surface area contributed by atoms with E-state index in [0.717, 1.165) is 4.68 Å². The van der Waals surface area contributed by atoms with Gasteiger partial charge in [-0.1, -0.05) is 0 Å². The standard InChI is InChI=1S/C13H13F3IN3O3/c1-12(2,3)23-11(21)20-8-4-9(22-6-13(14,15)16)18-5-7(8)10(17)19-20/h4-5H,6H2,1-3H3. The quantitative estimate of drug-likeness (QED) is 0.662. The Hall–Kier alpha value is -1.59. The first-order valence-corrected chi connectivity index (χ1v) is 7.51. The maximum absolute atomic E-state index is 12.2. The highest BCUT2D eigenvalue weighted by Crippen LogP contribution is 2.25. The van der Waals surface area contributed by atoms with Gasteiger partial charge in [0, 0.05) is 12.3 Å². The fraction of sp³-hybridized carbons (Fsp3) is 0.462. The lowest BCUT2D eigenvalue weighted by atomic mass is 10.2. The van der Waals surface area contributed by atoms with Crippen LogP contribution in [0.1, 0.15) is 20.8 Å². The van der Waals surface area contributed by atoms with Gasteiger partial charge in [-0.05, 0) is 43.4 Å². The van der Waals surface area contributed by atoms with Crippen LogP contribution >= 0.6 is 22.6 Å². The van der Waals surface area contributed by atoms with Crippen LogP contribution in [0.3, 0.4) is 0 Å². The molecule has 0 aromatic carbocycles. The molecule has 6 nitrogen and oxygen atoms in total. The minimum absolute atomic E-state index is 0.254. The summed E-state index contributed by atoms with van der Waals surface area (Å²) in [5.41, 5.74) is -0.473. The van der Waals surface area contributed by atoms with Crippen LogP contribution in [0.25, 0.3) is 10.9 Å². The number of nitrogens with zero attached hydrogens (tertiary/aromatic N) is 3. The second kappa shape index (κ2) is 6.13. The molecule has 0 aliphatic rings. The Morgan fingerprint density at radius 2 is 2.00 bits per heavy atom. The van der Waals surface area contributed by atoms with Crippen LogP contribution in [0, 0.1) is 3.70 Å². The minimum Gasteiger partial charge on any atom is -0.468 e. The molecular formula is C13H13F3IN3O3. The molecule has 2 heterocycles. The van der Waals surface area contributed by atoms with Crippen LogP contribution in [-0.4, -0.2) is 39.2 Å². The van der Waals surface area contributed by atoms with Gasteiger partial charge in [-0.15, -0.1) is 0 Å². The van der Waals surface area contributed by atoms with E-state index in [-0.39, 0.29) is 11.4 Å². The molecule has 0 amide bonds. The van der Waals surface area contributed by atoms with E-state index in [1.807, 2.05) is 22.6 Å². The predicted molar refractivity (Wildman–Crippen MR) is 83.4 cm³/mol. The number of aromatic nitrogens is 3. The Balaban J connectivity index is 2.36. The van der Waals surface area contributed by atoms with Crippen molar-refractivity contribution < 1.29 is 27.4 Å². The summed E-state index contributed by atoms with van der Waals surface area (Å²) < 4.78 is 47.9. The van der Waals surface area contributed by atoms with Crippen molar-refractivity contribution in [3.63, 3.8) is 0 Å². The van der Waals surface area contributed by atoms with Crippen LogP contribution in [-0.2, 0) is 4.74 Å². The number of rotatable bonds is 2. The summed E-state index contributed by atoms with van der Waals surface area (Å²) in [7, 11) is 0. The number of carbonyl (C=O) groups is 1. The molecule has 0 spiro atoms. The van der Waals surface area contributed by atoms with E-state index in [2.05, 4.69) is 14.8 Å². The fourth-order valence-corrected chi connectivity index (χ4v) is 2.27. The zero-order valence-electron chi connectivity index (χ0n) is 12.4. The summed E-state index contributed by atoms with van der Waals surface area (Å²) in [6, 6.07) is 1.22. The van der Waals surface area contributed by atoms with Gasteiger partial charge in [-0.2, -0.15) is 23.0 Å². The first-order valence-electron chi connectivity index (χ1n) is 6.43. The second-order valence-corrected chi connectivity index (χ2v) is 6.65. The zero-order valence-corrected chi connectivity index (χ0v) is 14.6. The van der Waals surface area contributed by atoms with Gasteiger partial charge >= 0.3 is 12.3 Å². The van der Waals surface area contributed by atoms with Gasteiger partial charge in [0.25, 0.3) is 0 Å². The van der Waals surface area contributed by atoms with Gasteiger partial charge in [0.05, 0.1) is 10.9 Å². The van der Waals surface area contributed by atoms with E-state index in [9.17, 15) is 18.0 Å². The zero-order chi connectivity index (χ0) is 17.4. The van der Waals surface area contributed by atoms with E-state index < -0.39 is 24.5 Å². The van der Waals surface area contributed by atoms with Gasteiger partial charge < -0.3 is 9.47 Å². The van der Waals surface area contributed by atoms with Crippen molar-refractivity contribution in [3.8, 4) is 5.88 Å². The SMILES string of the molecule is CC(C)(C)OC(=O)n1nc(I)c2cnc(OCC(F)(F)F)cc21. The Kier molecular flexibility index (Phi) is 4.74. The van der Waals surface area contributed by atoms with Crippen LogP contribution in [0.2, 0.25) is 0 Å². The molecule has 0 radical (unpaired) electrons. The lowest BCUT2D eigenvalue weighted by Gasteiger charge is -2.19. The van der Waals surface area contributed by atoms with Crippen molar-refractivity contribution in [1.82, 2.24) is 14.8 Å². The molecule has 2 aromatic heterocycles. The topological polar surface area (TPSA) is 66.2 Å². The molecule has 0 unspecified atom stereocenters. The summed E-state index contributed by atoms with van der Waals surface area (Å²) >= 11 is 1.89. The first-order chi connectivity index (χ1) is 10.5. The number of pyridine rings is 1. The predicted octanol–water partition coefficient (Wildman–Crippen LogP) is 3.76. The molecular weight excluding hydrogens is 430 g/mol.